The van der Waals surface area contributed by atoms with Gasteiger partial charge in [-0.25, -0.2) is 0 Å². The topological polar surface area (TPSA) is 33.7 Å². The van der Waals surface area contributed by atoms with Gasteiger partial charge in [0.2, 0.25) is 0 Å². The summed E-state index contributed by atoms with van der Waals surface area (Å²) in [5.74, 6) is 0.137. The zero-order valence-corrected chi connectivity index (χ0v) is 13.3. The van der Waals surface area contributed by atoms with Crippen molar-refractivity contribution in [2.75, 3.05) is 33.3 Å². The summed E-state index contributed by atoms with van der Waals surface area (Å²) in [6, 6.07) is 4.31. The van der Waals surface area contributed by atoms with Crippen molar-refractivity contribution in [2.24, 2.45) is 0 Å². The molecule has 0 unspecified atom stereocenters. The molecule has 0 spiro atoms. The van der Waals surface area contributed by atoms with Crippen LogP contribution >= 0.6 is 12.4 Å². The molecule has 1 heterocycles. The highest BCUT2D eigenvalue weighted by Gasteiger charge is 2.31. The molecular formula is C14H20ClF3N2O2. The van der Waals surface area contributed by atoms with Gasteiger partial charge in [-0.05, 0) is 13.0 Å². The van der Waals surface area contributed by atoms with Crippen LogP contribution in [-0.4, -0.2) is 44.6 Å². The van der Waals surface area contributed by atoms with E-state index in [2.05, 4.69) is 15.0 Å². The monoisotopic (exact) mass is 340 g/mol. The van der Waals surface area contributed by atoms with Gasteiger partial charge in [-0.3, -0.25) is 4.90 Å². The number of hydrogen-bond acceptors (Lipinski definition) is 4. The van der Waals surface area contributed by atoms with Gasteiger partial charge in [0.05, 0.1) is 7.11 Å². The maximum absolute atomic E-state index is 12.2. The van der Waals surface area contributed by atoms with E-state index in [0.29, 0.717) is 5.75 Å². The minimum absolute atomic E-state index is 0. The summed E-state index contributed by atoms with van der Waals surface area (Å²) in [6.45, 7) is 5.62. The predicted octanol–water partition coefficient (Wildman–Crippen LogP) is 2.98. The summed E-state index contributed by atoms with van der Waals surface area (Å²) in [4.78, 5) is 2.26. The van der Waals surface area contributed by atoms with E-state index in [9.17, 15) is 13.2 Å². The van der Waals surface area contributed by atoms with Crippen LogP contribution in [-0.2, 0) is 0 Å². The average molecular weight is 341 g/mol. The van der Waals surface area contributed by atoms with Crippen LogP contribution in [0.3, 0.4) is 0 Å². The van der Waals surface area contributed by atoms with Gasteiger partial charge in [-0.1, -0.05) is 6.07 Å². The van der Waals surface area contributed by atoms with Crippen molar-refractivity contribution >= 4 is 12.4 Å². The fraction of sp³-hybridized carbons (Fsp3) is 0.571. The van der Waals surface area contributed by atoms with Gasteiger partial charge in [-0.15, -0.1) is 25.6 Å². The molecule has 0 aliphatic carbocycles. The molecule has 8 heteroatoms. The Hall–Kier alpha value is -1.18. The van der Waals surface area contributed by atoms with Gasteiger partial charge in [0.25, 0.3) is 0 Å². The van der Waals surface area contributed by atoms with Gasteiger partial charge >= 0.3 is 6.36 Å². The number of methoxy groups -OCH3 is 1. The Balaban J connectivity index is 0.00000242. The first-order valence-electron chi connectivity index (χ1n) is 6.79. The minimum atomic E-state index is -4.70. The van der Waals surface area contributed by atoms with Gasteiger partial charge in [0.15, 0.2) is 0 Å². The highest BCUT2D eigenvalue weighted by atomic mass is 35.5. The van der Waals surface area contributed by atoms with Crippen LogP contribution in [0.15, 0.2) is 18.2 Å². The first-order valence-corrected chi connectivity index (χ1v) is 6.79. The Labute approximate surface area is 134 Å². The van der Waals surface area contributed by atoms with Gasteiger partial charge in [0.1, 0.15) is 11.5 Å². The van der Waals surface area contributed by atoms with E-state index < -0.39 is 6.36 Å². The standard InChI is InChI=1S/C14H19F3N2O2.ClH/c1-10(19-7-5-18-6-8-19)12-4-3-11(9-13(12)20-2)21-14(15,16)17;/h3-4,9-10,18H,5-8H2,1-2H3;1H/t10-;/m1./s1. The minimum Gasteiger partial charge on any atom is -0.496 e. The second-order valence-corrected chi connectivity index (χ2v) is 4.91. The summed E-state index contributed by atoms with van der Waals surface area (Å²) in [6.07, 6.45) is -4.70. The third kappa shape index (κ3) is 4.93. The van der Waals surface area contributed by atoms with Crippen LogP contribution in [0.25, 0.3) is 0 Å². The van der Waals surface area contributed by atoms with Crippen LogP contribution in [0.1, 0.15) is 18.5 Å². The Morgan fingerprint density at radius 1 is 1.23 bits per heavy atom. The maximum Gasteiger partial charge on any atom is 0.573 e. The molecule has 1 aromatic rings. The predicted molar refractivity (Wildman–Crippen MR) is 79.8 cm³/mol. The van der Waals surface area contributed by atoms with Crippen LogP contribution in [0.5, 0.6) is 11.5 Å². The second kappa shape index (κ2) is 7.89. The van der Waals surface area contributed by atoms with Crippen LogP contribution in [0, 0.1) is 0 Å². The quantitative estimate of drug-likeness (QED) is 0.913. The van der Waals surface area contributed by atoms with Crippen molar-refractivity contribution in [1.82, 2.24) is 10.2 Å². The van der Waals surface area contributed by atoms with Gasteiger partial charge < -0.3 is 14.8 Å². The van der Waals surface area contributed by atoms with E-state index >= 15 is 0 Å². The first kappa shape index (κ1) is 18.9. The molecule has 22 heavy (non-hydrogen) atoms. The van der Waals surface area contributed by atoms with E-state index in [1.165, 1.54) is 19.2 Å². The molecule has 126 valence electrons. The number of nitrogens with one attached hydrogen (secondary N) is 1. The van der Waals surface area contributed by atoms with E-state index in [4.69, 9.17) is 4.74 Å². The highest BCUT2D eigenvalue weighted by molar-refractivity contribution is 5.85. The molecule has 1 atom stereocenters. The SMILES string of the molecule is COc1cc(OC(F)(F)F)ccc1[C@@H](C)N1CCNCC1.Cl. The molecule has 0 aromatic heterocycles. The van der Waals surface area contributed by atoms with E-state index in [-0.39, 0.29) is 24.2 Å². The molecule has 4 nitrogen and oxygen atoms in total. The summed E-state index contributed by atoms with van der Waals surface area (Å²) in [5, 5.41) is 3.27. The molecule has 1 N–H and O–H groups in total. The third-order valence-electron chi connectivity index (χ3n) is 3.59. The molecular weight excluding hydrogens is 321 g/mol. The lowest BCUT2D eigenvalue weighted by Crippen LogP contribution is -2.44. The Bertz CT molecular complexity index is 480. The summed E-state index contributed by atoms with van der Waals surface area (Å²) < 4.78 is 45.9. The van der Waals surface area contributed by atoms with Gasteiger partial charge in [-0.2, -0.15) is 0 Å². The third-order valence-corrected chi connectivity index (χ3v) is 3.59. The highest BCUT2D eigenvalue weighted by Crippen LogP contribution is 2.34. The lowest BCUT2D eigenvalue weighted by atomic mass is 10.0. The fourth-order valence-electron chi connectivity index (χ4n) is 2.50. The fourth-order valence-corrected chi connectivity index (χ4v) is 2.50. The van der Waals surface area contributed by atoms with Crippen molar-refractivity contribution in [3.8, 4) is 11.5 Å². The van der Waals surface area contributed by atoms with Crippen molar-refractivity contribution < 1.29 is 22.6 Å². The number of benzene rings is 1. The number of ether oxygens (including phenoxy) is 2. The molecule has 1 fully saturated rings. The molecule has 0 saturated carbocycles. The molecule has 1 saturated heterocycles. The molecule has 0 amide bonds. The number of piperazine rings is 1. The van der Waals surface area contributed by atoms with Crippen molar-refractivity contribution in [1.29, 1.82) is 0 Å². The molecule has 1 aliphatic heterocycles. The maximum atomic E-state index is 12.2. The zero-order chi connectivity index (χ0) is 15.5. The van der Waals surface area contributed by atoms with Gasteiger partial charge in [0, 0.05) is 43.9 Å². The Kier molecular flexibility index (Phi) is 6.77. The molecule has 0 bridgehead atoms. The number of alkyl halides is 3. The number of rotatable bonds is 4. The summed E-state index contributed by atoms with van der Waals surface area (Å²) in [5.41, 5.74) is 0.855. The average Bonchev–Trinajstić information content (AvgIpc) is 2.45. The number of hydrogen-bond donors (Lipinski definition) is 1. The van der Waals surface area contributed by atoms with Crippen molar-refractivity contribution in [2.45, 2.75) is 19.3 Å². The Morgan fingerprint density at radius 2 is 1.86 bits per heavy atom. The molecule has 1 aromatic carbocycles. The van der Waals surface area contributed by atoms with Crippen LogP contribution in [0.4, 0.5) is 13.2 Å². The largest absolute Gasteiger partial charge is 0.573 e. The van der Waals surface area contributed by atoms with E-state index in [1.807, 2.05) is 6.92 Å². The Morgan fingerprint density at radius 3 is 2.41 bits per heavy atom. The lowest BCUT2D eigenvalue weighted by Gasteiger charge is -2.33. The number of nitrogens with zero attached hydrogens (tertiary/aromatic N) is 1. The zero-order valence-electron chi connectivity index (χ0n) is 12.4. The molecule has 1 aliphatic rings. The second-order valence-electron chi connectivity index (χ2n) is 4.91. The smallest absolute Gasteiger partial charge is 0.496 e. The summed E-state index contributed by atoms with van der Waals surface area (Å²) in [7, 11) is 1.45. The van der Waals surface area contributed by atoms with Crippen molar-refractivity contribution in [3.63, 3.8) is 0 Å². The lowest BCUT2D eigenvalue weighted by molar-refractivity contribution is -0.274. The first-order chi connectivity index (χ1) is 9.90. The summed E-state index contributed by atoms with van der Waals surface area (Å²) >= 11 is 0. The molecule has 0 radical (unpaired) electrons. The normalized spacial score (nSPS) is 17.5. The van der Waals surface area contributed by atoms with E-state index in [0.717, 1.165) is 31.7 Å². The van der Waals surface area contributed by atoms with E-state index in [1.54, 1.807) is 6.07 Å². The van der Waals surface area contributed by atoms with Crippen LogP contribution in [0.2, 0.25) is 0 Å². The van der Waals surface area contributed by atoms with Crippen molar-refractivity contribution in [3.05, 3.63) is 23.8 Å². The molecule has 2 rings (SSSR count). The van der Waals surface area contributed by atoms with Crippen LogP contribution < -0.4 is 14.8 Å². The number of halogens is 4.